The van der Waals surface area contributed by atoms with Crippen LogP contribution in [-0.4, -0.2) is 55.1 Å². The van der Waals surface area contributed by atoms with Crippen molar-refractivity contribution in [2.45, 2.75) is 13.3 Å². The zero-order valence-electron chi connectivity index (χ0n) is 13.7. The molecule has 1 aromatic rings. The van der Waals surface area contributed by atoms with Crippen LogP contribution in [0.1, 0.15) is 13.3 Å². The van der Waals surface area contributed by atoms with E-state index in [1.54, 1.807) is 16.8 Å². The smallest absolute Gasteiger partial charge is 0.324 e. The molecule has 1 aromatic carbocycles. The monoisotopic (exact) mass is 336 g/mol. The molecule has 1 saturated heterocycles. The van der Waals surface area contributed by atoms with Crippen LogP contribution in [0.15, 0.2) is 24.3 Å². The van der Waals surface area contributed by atoms with Crippen molar-refractivity contribution in [3.8, 4) is 0 Å². The zero-order chi connectivity index (χ0) is 16.7. The van der Waals surface area contributed by atoms with E-state index in [9.17, 15) is 9.59 Å². The molecule has 6 nitrogen and oxygen atoms in total. The molecule has 0 aromatic heterocycles. The molecule has 126 valence electrons. The van der Waals surface area contributed by atoms with Gasteiger partial charge >= 0.3 is 12.1 Å². The van der Waals surface area contributed by atoms with Crippen molar-refractivity contribution in [3.05, 3.63) is 24.3 Å². The second-order valence-corrected chi connectivity index (χ2v) is 6.62. The lowest BCUT2D eigenvalue weighted by atomic mass is 10.2. The van der Waals surface area contributed by atoms with Crippen LogP contribution >= 0.6 is 11.8 Å². The van der Waals surface area contributed by atoms with Gasteiger partial charge in [-0.15, -0.1) is 0 Å². The number of hydrogen-bond donors (Lipinski definition) is 2. The summed E-state index contributed by atoms with van der Waals surface area (Å²) in [4.78, 5) is 27.3. The van der Waals surface area contributed by atoms with E-state index < -0.39 is 0 Å². The van der Waals surface area contributed by atoms with E-state index in [4.69, 9.17) is 0 Å². The first-order chi connectivity index (χ1) is 11.1. The highest BCUT2D eigenvalue weighted by Crippen LogP contribution is 2.22. The second kappa shape index (κ2) is 8.67. The van der Waals surface area contributed by atoms with Gasteiger partial charge in [-0.05, 0) is 30.4 Å². The molecule has 2 N–H and O–H groups in total. The fraction of sp³-hybridized carbons (Fsp3) is 0.500. The Morgan fingerprint density at radius 3 is 2.83 bits per heavy atom. The normalized spacial score (nSPS) is 14.3. The van der Waals surface area contributed by atoms with Gasteiger partial charge in [0.1, 0.15) is 0 Å². The summed E-state index contributed by atoms with van der Waals surface area (Å²) in [6.45, 7) is 4.17. The molecule has 0 spiro atoms. The van der Waals surface area contributed by atoms with Crippen molar-refractivity contribution < 1.29 is 9.59 Å². The van der Waals surface area contributed by atoms with Gasteiger partial charge in [-0.3, -0.25) is 4.90 Å². The van der Waals surface area contributed by atoms with E-state index in [2.05, 4.69) is 17.6 Å². The summed E-state index contributed by atoms with van der Waals surface area (Å²) in [5, 5.41) is 5.65. The number of carbonyl (C=O) groups is 2. The fourth-order valence-electron chi connectivity index (χ4n) is 2.30. The highest BCUT2D eigenvalue weighted by molar-refractivity contribution is 7.99. The number of rotatable bonds is 7. The summed E-state index contributed by atoms with van der Waals surface area (Å²) in [6.07, 6.45) is 1.15. The largest absolute Gasteiger partial charge is 0.337 e. The van der Waals surface area contributed by atoms with E-state index in [0.29, 0.717) is 25.3 Å². The Hall–Kier alpha value is -1.89. The molecule has 0 atom stereocenters. The molecule has 23 heavy (non-hydrogen) atoms. The Bertz CT molecular complexity index is 553. The Labute approximate surface area is 141 Å². The highest BCUT2D eigenvalue weighted by Gasteiger charge is 2.26. The molecule has 1 aliphatic rings. The van der Waals surface area contributed by atoms with Gasteiger partial charge in [-0.1, -0.05) is 13.0 Å². The first-order valence-electron chi connectivity index (χ1n) is 7.87. The van der Waals surface area contributed by atoms with Gasteiger partial charge in [-0.2, -0.15) is 11.8 Å². The molecule has 0 radical (unpaired) electrons. The summed E-state index contributed by atoms with van der Waals surface area (Å²) in [6, 6.07) is 7.13. The van der Waals surface area contributed by atoms with Crippen molar-refractivity contribution >= 4 is 35.2 Å². The van der Waals surface area contributed by atoms with Crippen LogP contribution in [0.3, 0.4) is 0 Å². The summed E-state index contributed by atoms with van der Waals surface area (Å²) in [5.74, 6) is 2.03. The number of thioether (sulfide) groups is 1. The Balaban J connectivity index is 1.85. The fourth-order valence-corrected chi connectivity index (χ4v) is 3.04. The third-order valence-electron chi connectivity index (χ3n) is 3.51. The third kappa shape index (κ3) is 5.06. The molecule has 1 aliphatic heterocycles. The first kappa shape index (κ1) is 17.5. The van der Waals surface area contributed by atoms with Gasteiger partial charge in [0.05, 0.1) is 0 Å². The number of likely N-dealkylation sites (N-methyl/N-ethyl adjacent to an activating group) is 1. The number of hydrogen-bond acceptors (Lipinski definition) is 3. The van der Waals surface area contributed by atoms with Crippen LogP contribution in [-0.2, 0) is 0 Å². The van der Waals surface area contributed by atoms with E-state index in [0.717, 1.165) is 23.6 Å². The van der Waals surface area contributed by atoms with E-state index >= 15 is 0 Å². The van der Waals surface area contributed by atoms with Crippen LogP contribution in [0.4, 0.5) is 21.0 Å². The first-order valence-corrected chi connectivity index (χ1v) is 9.02. The van der Waals surface area contributed by atoms with Crippen molar-refractivity contribution in [2.75, 3.05) is 48.4 Å². The van der Waals surface area contributed by atoms with Crippen molar-refractivity contribution in [1.29, 1.82) is 0 Å². The SMILES string of the molecule is CCCSCCNC(=O)Nc1cccc(N2CCN(C)C2=O)c1. The standard InChI is InChI=1S/C16H24N4O2S/c1-3-10-23-11-7-17-15(21)18-13-5-4-6-14(12-13)20-9-8-19(2)16(20)22/h4-6,12H,3,7-11H2,1-2H3,(H2,17,18,21). The number of anilines is 2. The number of urea groups is 2. The van der Waals surface area contributed by atoms with Gasteiger partial charge < -0.3 is 15.5 Å². The number of carbonyl (C=O) groups excluding carboxylic acids is 2. The van der Waals surface area contributed by atoms with Gasteiger partial charge in [0.25, 0.3) is 0 Å². The maximum atomic E-state index is 12.0. The summed E-state index contributed by atoms with van der Waals surface area (Å²) >= 11 is 1.83. The van der Waals surface area contributed by atoms with Crippen LogP contribution in [0.2, 0.25) is 0 Å². The van der Waals surface area contributed by atoms with Crippen LogP contribution in [0, 0.1) is 0 Å². The molecule has 1 fully saturated rings. The van der Waals surface area contributed by atoms with Crippen LogP contribution in [0.25, 0.3) is 0 Å². The third-order valence-corrected chi connectivity index (χ3v) is 4.70. The number of benzene rings is 1. The van der Waals surface area contributed by atoms with Crippen molar-refractivity contribution in [1.82, 2.24) is 10.2 Å². The Kier molecular flexibility index (Phi) is 6.58. The van der Waals surface area contributed by atoms with Crippen LogP contribution < -0.4 is 15.5 Å². The van der Waals surface area contributed by atoms with Gasteiger partial charge in [0, 0.05) is 43.8 Å². The number of nitrogens with one attached hydrogen (secondary N) is 2. The lowest BCUT2D eigenvalue weighted by Crippen LogP contribution is -2.31. The molecule has 0 unspecified atom stereocenters. The van der Waals surface area contributed by atoms with Gasteiger partial charge in [0.2, 0.25) is 0 Å². The maximum Gasteiger partial charge on any atom is 0.324 e. The molecule has 1 heterocycles. The Morgan fingerprint density at radius 1 is 1.30 bits per heavy atom. The molecule has 4 amide bonds. The van der Waals surface area contributed by atoms with Crippen LogP contribution in [0.5, 0.6) is 0 Å². The number of nitrogens with zero attached hydrogens (tertiary/aromatic N) is 2. The average molecular weight is 336 g/mol. The molecular formula is C16H24N4O2S. The second-order valence-electron chi connectivity index (χ2n) is 5.40. The predicted molar refractivity (Wildman–Crippen MR) is 96.5 cm³/mol. The minimum atomic E-state index is -0.218. The molecule has 2 rings (SSSR count). The molecular weight excluding hydrogens is 312 g/mol. The molecule has 0 bridgehead atoms. The predicted octanol–water partition coefficient (Wildman–Crippen LogP) is 2.82. The minimum absolute atomic E-state index is 0.0143. The van der Waals surface area contributed by atoms with Gasteiger partial charge in [0.15, 0.2) is 0 Å². The molecule has 0 saturated carbocycles. The van der Waals surface area contributed by atoms with E-state index in [1.165, 1.54) is 0 Å². The molecule has 0 aliphatic carbocycles. The van der Waals surface area contributed by atoms with Crippen molar-refractivity contribution in [2.24, 2.45) is 0 Å². The summed E-state index contributed by atoms with van der Waals surface area (Å²) < 4.78 is 0. The highest BCUT2D eigenvalue weighted by atomic mass is 32.2. The summed E-state index contributed by atoms with van der Waals surface area (Å²) in [5.41, 5.74) is 1.49. The lowest BCUT2D eigenvalue weighted by Gasteiger charge is -2.17. The molecule has 7 heteroatoms. The number of amides is 4. The topological polar surface area (TPSA) is 64.7 Å². The quantitative estimate of drug-likeness (QED) is 0.753. The van der Waals surface area contributed by atoms with Crippen molar-refractivity contribution in [3.63, 3.8) is 0 Å². The average Bonchev–Trinajstić information content (AvgIpc) is 2.87. The van der Waals surface area contributed by atoms with E-state index in [1.807, 2.05) is 36.0 Å². The van der Waals surface area contributed by atoms with Gasteiger partial charge in [-0.25, -0.2) is 9.59 Å². The summed E-state index contributed by atoms with van der Waals surface area (Å²) in [7, 11) is 1.79. The van der Waals surface area contributed by atoms with E-state index in [-0.39, 0.29) is 12.1 Å². The Morgan fingerprint density at radius 2 is 2.13 bits per heavy atom. The zero-order valence-corrected chi connectivity index (χ0v) is 14.5. The maximum absolute atomic E-state index is 12.0. The minimum Gasteiger partial charge on any atom is -0.337 e. The lowest BCUT2D eigenvalue weighted by molar-refractivity contribution is 0.229.